The highest BCUT2D eigenvalue weighted by molar-refractivity contribution is 5.89. The van der Waals surface area contributed by atoms with Crippen LogP contribution in [-0.2, 0) is 16.6 Å². The zero-order valence-corrected chi connectivity index (χ0v) is 18.7. The summed E-state index contributed by atoms with van der Waals surface area (Å²) in [4.78, 5) is 15.5. The molecule has 2 aromatic carbocycles. The molecule has 1 saturated heterocycles. The molecule has 0 aromatic heterocycles. The summed E-state index contributed by atoms with van der Waals surface area (Å²) in [5.74, 6) is 1.30. The maximum absolute atomic E-state index is 13.2. The Morgan fingerprint density at radius 3 is 2.14 bits per heavy atom. The molecule has 3 rings (SSSR count). The summed E-state index contributed by atoms with van der Waals surface area (Å²) in [7, 11) is 3.80. The number of hydrogen-bond donors (Lipinski definition) is 0. The quantitative estimate of drug-likeness (QED) is 0.642. The summed E-state index contributed by atoms with van der Waals surface area (Å²) in [6.07, 6.45) is 2.64. The van der Waals surface area contributed by atoms with Crippen LogP contribution < -0.4 is 4.74 Å². The maximum Gasteiger partial charge on any atom is 0.154 e. The first-order valence-electron chi connectivity index (χ1n) is 10.7. The van der Waals surface area contributed by atoms with Gasteiger partial charge in [0.1, 0.15) is 5.75 Å². The number of methoxy groups -OCH3 is 1. The molecule has 156 valence electrons. The van der Waals surface area contributed by atoms with E-state index in [-0.39, 0.29) is 23.4 Å². The summed E-state index contributed by atoms with van der Waals surface area (Å²) in [6, 6.07) is 17.3. The topological polar surface area (TPSA) is 29.5 Å². The van der Waals surface area contributed by atoms with E-state index in [1.54, 1.807) is 7.11 Å². The van der Waals surface area contributed by atoms with E-state index in [2.05, 4.69) is 76.0 Å². The Balaban J connectivity index is 1.82. The second-order valence-corrected chi connectivity index (χ2v) is 9.30. The Morgan fingerprint density at radius 1 is 1.00 bits per heavy atom. The molecule has 3 heteroatoms. The predicted molar refractivity (Wildman–Crippen MR) is 120 cm³/mol. The third-order valence-corrected chi connectivity index (χ3v) is 6.41. The van der Waals surface area contributed by atoms with Crippen molar-refractivity contribution in [3.63, 3.8) is 0 Å². The summed E-state index contributed by atoms with van der Waals surface area (Å²) in [5.41, 5.74) is 3.97. The van der Waals surface area contributed by atoms with Gasteiger partial charge in [0.2, 0.25) is 0 Å². The zero-order chi connectivity index (χ0) is 21.2. The average Bonchev–Trinajstić information content (AvgIpc) is 2.95. The number of benzene rings is 2. The molecule has 0 saturated carbocycles. The maximum atomic E-state index is 13.2. The highest BCUT2D eigenvalue weighted by atomic mass is 16.5. The highest BCUT2D eigenvalue weighted by Gasteiger charge is 2.45. The number of likely N-dealkylation sites (tertiary alicyclic amines) is 1. The number of aryl methyl sites for hydroxylation is 1. The minimum Gasteiger partial charge on any atom is -0.497 e. The lowest BCUT2D eigenvalue weighted by Gasteiger charge is -2.27. The Kier molecular flexibility index (Phi) is 6.48. The van der Waals surface area contributed by atoms with E-state index >= 15 is 0 Å². The van der Waals surface area contributed by atoms with Gasteiger partial charge in [0.05, 0.1) is 13.2 Å². The third-order valence-electron chi connectivity index (χ3n) is 6.41. The lowest BCUT2D eigenvalue weighted by molar-refractivity contribution is -0.122. The number of nitrogens with zero attached hydrogens (tertiary/aromatic N) is 1. The third kappa shape index (κ3) is 4.56. The van der Waals surface area contributed by atoms with E-state index in [1.807, 2.05) is 12.1 Å². The number of carbonyl (C=O) groups excluding carboxylic acids is 1. The van der Waals surface area contributed by atoms with Gasteiger partial charge in [0, 0.05) is 12.0 Å². The molecular weight excluding hydrogens is 358 g/mol. The molecular formula is C26H35NO2. The van der Waals surface area contributed by atoms with Crippen molar-refractivity contribution in [1.29, 1.82) is 0 Å². The lowest BCUT2D eigenvalue weighted by atomic mass is 9.83. The molecule has 3 atom stereocenters. The van der Waals surface area contributed by atoms with E-state index in [4.69, 9.17) is 4.74 Å². The second kappa shape index (κ2) is 8.71. The van der Waals surface area contributed by atoms with Crippen LogP contribution in [0.5, 0.6) is 5.75 Å². The molecule has 1 aliphatic heterocycles. The second-order valence-electron chi connectivity index (χ2n) is 9.30. The van der Waals surface area contributed by atoms with Crippen LogP contribution in [0.4, 0.5) is 0 Å². The number of hydrogen-bond acceptors (Lipinski definition) is 3. The van der Waals surface area contributed by atoms with Crippen LogP contribution in [0.2, 0.25) is 0 Å². The first kappa shape index (κ1) is 21.6. The number of ether oxygens (including phenoxy) is 1. The summed E-state index contributed by atoms with van der Waals surface area (Å²) in [5, 5.41) is 0. The van der Waals surface area contributed by atoms with Gasteiger partial charge >= 0.3 is 0 Å². The van der Waals surface area contributed by atoms with Crippen LogP contribution in [0.25, 0.3) is 0 Å². The summed E-state index contributed by atoms with van der Waals surface area (Å²) < 4.78 is 5.25. The SMILES string of the molecule is CC[C@H]1C(=O)C(CCc2ccc(OC)cc2)[C@H](c2ccc(C(C)(C)C)cc2)N1C. The average molecular weight is 394 g/mol. The Hall–Kier alpha value is -2.13. The molecule has 1 unspecified atom stereocenters. The first-order chi connectivity index (χ1) is 13.8. The van der Waals surface area contributed by atoms with Gasteiger partial charge in [0.25, 0.3) is 0 Å². The van der Waals surface area contributed by atoms with Gasteiger partial charge < -0.3 is 4.74 Å². The number of ketones is 1. The molecule has 0 aliphatic carbocycles. The van der Waals surface area contributed by atoms with Crippen molar-refractivity contribution in [3.05, 3.63) is 65.2 Å². The van der Waals surface area contributed by atoms with Crippen molar-refractivity contribution in [2.45, 2.75) is 64.5 Å². The standard InChI is InChI=1S/C26H35NO2/c1-7-23-25(28)22(17-10-18-8-15-21(29-6)16-9-18)24(27(23)5)19-11-13-20(14-12-19)26(2,3)4/h8-9,11-16,22-24H,7,10,17H2,1-6H3/t22?,23-,24-/m0/s1. The van der Waals surface area contributed by atoms with Crippen molar-refractivity contribution in [1.82, 2.24) is 4.90 Å². The minimum absolute atomic E-state index is 0.0168. The molecule has 29 heavy (non-hydrogen) atoms. The van der Waals surface area contributed by atoms with Gasteiger partial charge in [-0.1, -0.05) is 64.1 Å². The Bertz CT molecular complexity index is 817. The number of carbonyl (C=O) groups is 1. The van der Waals surface area contributed by atoms with Crippen molar-refractivity contribution in [2.75, 3.05) is 14.2 Å². The van der Waals surface area contributed by atoms with Gasteiger partial charge in [-0.15, -0.1) is 0 Å². The fraction of sp³-hybridized carbons (Fsp3) is 0.500. The molecule has 3 nitrogen and oxygen atoms in total. The number of likely N-dealkylation sites (N-methyl/N-ethyl adjacent to an activating group) is 1. The van der Waals surface area contributed by atoms with E-state index in [9.17, 15) is 4.79 Å². The van der Waals surface area contributed by atoms with Crippen LogP contribution in [-0.4, -0.2) is 30.9 Å². The fourth-order valence-corrected chi connectivity index (χ4v) is 4.63. The minimum atomic E-state index is 0.0168. The van der Waals surface area contributed by atoms with E-state index in [0.717, 1.165) is 25.0 Å². The first-order valence-corrected chi connectivity index (χ1v) is 10.7. The highest BCUT2D eigenvalue weighted by Crippen LogP contribution is 2.41. The molecule has 1 aliphatic rings. The normalized spacial score (nSPS) is 22.8. The van der Waals surface area contributed by atoms with Crippen molar-refractivity contribution < 1.29 is 9.53 Å². The molecule has 1 heterocycles. The number of Topliss-reactive ketones (excluding diaryl/α,β-unsaturated/α-hetero) is 1. The van der Waals surface area contributed by atoms with Gasteiger partial charge in [-0.3, -0.25) is 9.69 Å². The van der Waals surface area contributed by atoms with E-state index in [0.29, 0.717) is 5.78 Å². The van der Waals surface area contributed by atoms with Gasteiger partial charge in [-0.05, 0) is 60.5 Å². The molecule has 0 radical (unpaired) electrons. The van der Waals surface area contributed by atoms with Crippen molar-refractivity contribution in [2.24, 2.45) is 5.92 Å². The largest absolute Gasteiger partial charge is 0.497 e. The van der Waals surface area contributed by atoms with Crippen molar-refractivity contribution >= 4 is 5.78 Å². The monoisotopic (exact) mass is 393 g/mol. The molecule has 0 amide bonds. The van der Waals surface area contributed by atoms with Crippen molar-refractivity contribution in [3.8, 4) is 5.75 Å². The van der Waals surface area contributed by atoms with Crippen LogP contribution in [0.1, 0.15) is 63.3 Å². The molecule has 0 N–H and O–H groups in total. The van der Waals surface area contributed by atoms with E-state index < -0.39 is 0 Å². The van der Waals surface area contributed by atoms with Crippen LogP contribution in [0, 0.1) is 5.92 Å². The van der Waals surface area contributed by atoms with Gasteiger partial charge in [-0.2, -0.15) is 0 Å². The Labute approximate surface area is 176 Å². The van der Waals surface area contributed by atoms with Crippen LogP contribution in [0.15, 0.2) is 48.5 Å². The van der Waals surface area contributed by atoms with Crippen LogP contribution >= 0.6 is 0 Å². The summed E-state index contributed by atoms with van der Waals surface area (Å²) in [6.45, 7) is 8.82. The summed E-state index contributed by atoms with van der Waals surface area (Å²) >= 11 is 0. The fourth-order valence-electron chi connectivity index (χ4n) is 4.63. The lowest BCUT2D eigenvalue weighted by Crippen LogP contribution is -2.30. The van der Waals surface area contributed by atoms with Gasteiger partial charge in [0.15, 0.2) is 5.78 Å². The van der Waals surface area contributed by atoms with Crippen LogP contribution in [0.3, 0.4) is 0 Å². The zero-order valence-electron chi connectivity index (χ0n) is 18.7. The van der Waals surface area contributed by atoms with Gasteiger partial charge in [-0.25, -0.2) is 0 Å². The van der Waals surface area contributed by atoms with E-state index in [1.165, 1.54) is 16.7 Å². The predicted octanol–water partition coefficient (Wildman–Crippen LogP) is 5.58. The number of rotatable bonds is 6. The molecule has 1 fully saturated rings. The molecule has 0 bridgehead atoms. The smallest absolute Gasteiger partial charge is 0.154 e. The molecule has 2 aromatic rings. The Morgan fingerprint density at radius 2 is 1.62 bits per heavy atom. The molecule has 0 spiro atoms.